The van der Waals surface area contributed by atoms with Crippen LogP contribution in [0.3, 0.4) is 0 Å². The molecule has 2 aromatic heterocycles. The lowest BCUT2D eigenvalue weighted by molar-refractivity contribution is -0.115. The van der Waals surface area contributed by atoms with Crippen molar-refractivity contribution in [3.63, 3.8) is 0 Å². The summed E-state index contributed by atoms with van der Waals surface area (Å²) in [4.78, 5) is 23.6. The minimum atomic E-state index is -0.520. The van der Waals surface area contributed by atoms with Crippen molar-refractivity contribution >= 4 is 17.7 Å². The number of carbonyl (C=O) groups is 2. The van der Waals surface area contributed by atoms with Crippen molar-refractivity contribution in [1.82, 2.24) is 9.78 Å². The largest absolute Gasteiger partial charge is 0.469 e. The number of hydrogen-bond donors (Lipinski definition) is 1. The van der Waals surface area contributed by atoms with Gasteiger partial charge in [0.2, 0.25) is 5.91 Å². The number of aromatic nitrogens is 2. The molecule has 0 aliphatic rings. The van der Waals surface area contributed by atoms with Gasteiger partial charge < -0.3 is 14.5 Å². The smallest absolute Gasteiger partial charge is 0.343 e. The second-order valence-corrected chi connectivity index (χ2v) is 4.06. The molecule has 0 aromatic carbocycles. The summed E-state index contributed by atoms with van der Waals surface area (Å²) in [5.74, 6) is 0.0327. The Kier molecular flexibility index (Phi) is 4.19. The number of esters is 1. The third-order valence-corrected chi connectivity index (χ3v) is 2.61. The predicted molar refractivity (Wildman–Crippen MR) is 70.2 cm³/mol. The number of nitrogens with one attached hydrogen (secondary N) is 1. The Bertz CT molecular complexity index is 601. The minimum Gasteiger partial charge on any atom is -0.469 e. The Morgan fingerprint density at radius 1 is 1.50 bits per heavy atom. The fraction of sp³-hybridized carbons (Fsp3) is 0.308. The zero-order chi connectivity index (χ0) is 14.5. The first-order valence-electron chi connectivity index (χ1n) is 6.13. The fourth-order valence-corrected chi connectivity index (χ4v) is 1.69. The number of nitrogens with zero attached hydrogens (tertiary/aromatic N) is 2. The van der Waals surface area contributed by atoms with Crippen LogP contribution >= 0.6 is 0 Å². The summed E-state index contributed by atoms with van der Waals surface area (Å²) in [5.41, 5.74) is 0.224. The summed E-state index contributed by atoms with van der Waals surface area (Å²) in [6.07, 6.45) is 2.94. The Morgan fingerprint density at radius 3 is 2.95 bits per heavy atom. The van der Waals surface area contributed by atoms with Crippen LogP contribution in [0.15, 0.2) is 29.0 Å². The van der Waals surface area contributed by atoms with Gasteiger partial charge in [-0.05, 0) is 19.1 Å². The van der Waals surface area contributed by atoms with Crippen molar-refractivity contribution in [3.8, 4) is 0 Å². The zero-order valence-electron chi connectivity index (χ0n) is 11.3. The molecule has 1 amide bonds. The quantitative estimate of drug-likeness (QED) is 0.834. The number of amides is 1. The van der Waals surface area contributed by atoms with Gasteiger partial charge in [-0.1, -0.05) is 0 Å². The molecule has 0 aliphatic carbocycles. The first-order valence-corrected chi connectivity index (χ1v) is 6.13. The van der Waals surface area contributed by atoms with E-state index in [1.165, 1.54) is 17.1 Å². The van der Waals surface area contributed by atoms with E-state index in [0.29, 0.717) is 11.6 Å². The second-order valence-electron chi connectivity index (χ2n) is 4.06. The molecular formula is C13H15N3O4. The highest BCUT2D eigenvalue weighted by atomic mass is 16.5. The van der Waals surface area contributed by atoms with Crippen LogP contribution < -0.4 is 5.32 Å². The summed E-state index contributed by atoms with van der Waals surface area (Å²) in [6.45, 7) is 1.97. The summed E-state index contributed by atoms with van der Waals surface area (Å²) >= 11 is 0. The van der Waals surface area contributed by atoms with Gasteiger partial charge in [-0.2, -0.15) is 5.10 Å². The third-order valence-electron chi connectivity index (χ3n) is 2.61. The van der Waals surface area contributed by atoms with E-state index >= 15 is 0 Å². The number of carbonyl (C=O) groups excluding carboxylic acids is 2. The van der Waals surface area contributed by atoms with E-state index in [9.17, 15) is 9.59 Å². The molecule has 0 saturated carbocycles. The van der Waals surface area contributed by atoms with Crippen LogP contribution in [0.25, 0.3) is 0 Å². The number of ether oxygens (including phenoxy) is 1. The highest BCUT2D eigenvalue weighted by Crippen LogP contribution is 2.16. The van der Waals surface area contributed by atoms with Gasteiger partial charge in [-0.25, -0.2) is 4.79 Å². The van der Waals surface area contributed by atoms with Crippen LogP contribution in [-0.4, -0.2) is 28.3 Å². The Balaban J connectivity index is 2.10. The van der Waals surface area contributed by atoms with E-state index in [1.807, 2.05) is 0 Å². The maximum Gasteiger partial charge on any atom is 0.343 e. The molecule has 0 radical (unpaired) electrons. The zero-order valence-corrected chi connectivity index (χ0v) is 11.3. The monoisotopic (exact) mass is 277 g/mol. The van der Waals surface area contributed by atoms with Crippen molar-refractivity contribution in [1.29, 1.82) is 0 Å². The molecule has 20 heavy (non-hydrogen) atoms. The molecule has 2 heterocycles. The summed E-state index contributed by atoms with van der Waals surface area (Å²) in [7, 11) is 1.63. The van der Waals surface area contributed by atoms with Crippen molar-refractivity contribution in [3.05, 3.63) is 35.9 Å². The molecule has 2 rings (SSSR count). The van der Waals surface area contributed by atoms with Crippen LogP contribution in [0.4, 0.5) is 5.82 Å². The number of hydrogen-bond acceptors (Lipinski definition) is 5. The summed E-state index contributed by atoms with van der Waals surface area (Å²) in [5, 5.41) is 6.58. The van der Waals surface area contributed by atoms with Gasteiger partial charge >= 0.3 is 5.97 Å². The Morgan fingerprint density at radius 2 is 2.30 bits per heavy atom. The highest BCUT2D eigenvalue weighted by molar-refractivity contribution is 6.00. The predicted octanol–water partition coefficient (Wildman–Crippen LogP) is 1.37. The number of furan rings is 1. The van der Waals surface area contributed by atoms with E-state index < -0.39 is 5.97 Å². The molecule has 0 saturated heterocycles. The minimum absolute atomic E-state index is 0.0838. The van der Waals surface area contributed by atoms with E-state index in [-0.39, 0.29) is 24.5 Å². The topological polar surface area (TPSA) is 86.4 Å². The Hall–Kier alpha value is -2.57. The highest BCUT2D eigenvalue weighted by Gasteiger charge is 2.19. The lowest BCUT2D eigenvalue weighted by Gasteiger charge is -2.07. The molecule has 106 valence electrons. The van der Waals surface area contributed by atoms with Crippen LogP contribution in [0.1, 0.15) is 23.0 Å². The molecule has 0 spiro atoms. The van der Waals surface area contributed by atoms with Crippen molar-refractivity contribution in [2.75, 3.05) is 11.9 Å². The number of rotatable bonds is 5. The van der Waals surface area contributed by atoms with Crippen LogP contribution in [0.2, 0.25) is 0 Å². The maximum absolute atomic E-state index is 11.9. The first-order chi connectivity index (χ1) is 9.61. The molecule has 0 fully saturated rings. The molecule has 0 bridgehead atoms. The lowest BCUT2D eigenvalue weighted by atomic mass is 10.3. The Labute approximate surface area is 115 Å². The molecule has 1 N–H and O–H groups in total. The molecule has 7 nitrogen and oxygen atoms in total. The van der Waals surface area contributed by atoms with Crippen LogP contribution in [0.5, 0.6) is 0 Å². The lowest BCUT2D eigenvalue weighted by Crippen LogP contribution is -2.19. The normalized spacial score (nSPS) is 10.3. The van der Waals surface area contributed by atoms with Gasteiger partial charge in [0.1, 0.15) is 17.1 Å². The van der Waals surface area contributed by atoms with Gasteiger partial charge in [0.05, 0.1) is 25.5 Å². The van der Waals surface area contributed by atoms with E-state index in [2.05, 4.69) is 10.4 Å². The van der Waals surface area contributed by atoms with E-state index in [0.717, 1.165) is 0 Å². The number of anilines is 1. The van der Waals surface area contributed by atoms with E-state index in [1.54, 1.807) is 26.1 Å². The van der Waals surface area contributed by atoms with Gasteiger partial charge in [-0.3, -0.25) is 9.48 Å². The van der Waals surface area contributed by atoms with Crippen LogP contribution in [-0.2, 0) is 23.0 Å². The number of aryl methyl sites for hydroxylation is 1. The molecule has 2 aromatic rings. The van der Waals surface area contributed by atoms with Crippen molar-refractivity contribution < 1.29 is 18.7 Å². The van der Waals surface area contributed by atoms with Gasteiger partial charge in [-0.15, -0.1) is 0 Å². The summed E-state index contributed by atoms with van der Waals surface area (Å²) in [6, 6.07) is 3.41. The van der Waals surface area contributed by atoms with Gasteiger partial charge in [0.25, 0.3) is 0 Å². The van der Waals surface area contributed by atoms with E-state index in [4.69, 9.17) is 9.15 Å². The van der Waals surface area contributed by atoms with Crippen LogP contribution in [0, 0.1) is 0 Å². The molecular weight excluding hydrogens is 262 g/mol. The molecule has 0 atom stereocenters. The van der Waals surface area contributed by atoms with Gasteiger partial charge in [0.15, 0.2) is 0 Å². The SMILES string of the molecule is CCOC(=O)c1cnn(C)c1NC(=O)Cc1ccco1. The first kappa shape index (κ1) is 13.9. The fourth-order valence-electron chi connectivity index (χ4n) is 1.69. The maximum atomic E-state index is 11.9. The molecule has 0 unspecified atom stereocenters. The second kappa shape index (κ2) is 6.05. The van der Waals surface area contributed by atoms with Gasteiger partial charge in [0, 0.05) is 7.05 Å². The van der Waals surface area contributed by atoms with Crippen molar-refractivity contribution in [2.24, 2.45) is 7.05 Å². The molecule has 7 heteroatoms. The average Bonchev–Trinajstić information content (AvgIpc) is 3.01. The summed E-state index contributed by atoms with van der Waals surface area (Å²) < 4.78 is 11.4. The molecule has 0 aliphatic heterocycles. The third kappa shape index (κ3) is 3.05. The average molecular weight is 277 g/mol. The van der Waals surface area contributed by atoms with Crippen molar-refractivity contribution in [2.45, 2.75) is 13.3 Å². The standard InChI is InChI=1S/C13H15N3O4/c1-3-19-13(18)10-8-14-16(2)12(10)15-11(17)7-9-5-4-6-20-9/h4-6,8H,3,7H2,1-2H3,(H,15,17).